The molecule has 5 rings (SSSR count). The first kappa shape index (κ1) is 17.5. The molecule has 3 heterocycles. The van der Waals surface area contributed by atoms with Gasteiger partial charge in [0.05, 0.1) is 11.9 Å². The van der Waals surface area contributed by atoms with Crippen LogP contribution in [0.15, 0.2) is 61.2 Å². The van der Waals surface area contributed by atoms with Crippen LogP contribution in [-0.2, 0) is 11.2 Å². The minimum absolute atomic E-state index is 0.0845. The molecule has 4 aromatic rings. The van der Waals surface area contributed by atoms with Gasteiger partial charge in [0, 0.05) is 47.1 Å². The van der Waals surface area contributed by atoms with Crippen LogP contribution in [0.5, 0.6) is 0 Å². The van der Waals surface area contributed by atoms with Crippen LogP contribution in [0.1, 0.15) is 41.6 Å². The van der Waals surface area contributed by atoms with E-state index in [2.05, 4.69) is 30.5 Å². The predicted molar refractivity (Wildman–Crippen MR) is 109 cm³/mol. The summed E-state index contributed by atoms with van der Waals surface area (Å²) in [5.41, 5.74) is 4.03. The van der Waals surface area contributed by atoms with Gasteiger partial charge in [0.15, 0.2) is 5.82 Å². The minimum atomic E-state index is -0.0845. The van der Waals surface area contributed by atoms with E-state index in [0.29, 0.717) is 24.1 Å². The third kappa shape index (κ3) is 3.71. The highest BCUT2D eigenvalue weighted by Gasteiger charge is 2.33. The molecule has 0 spiro atoms. The summed E-state index contributed by atoms with van der Waals surface area (Å²) < 4.78 is 0. The van der Waals surface area contributed by atoms with Crippen molar-refractivity contribution in [3.63, 3.8) is 0 Å². The fourth-order valence-corrected chi connectivity index (χ4v) is 3.87. The predicted octanol–water partition coefficient (Wildman–Crippen LogP) is 3.59. The van der Waals surface area contributed by atoms with Crippen molar-refractivity contribution in [2.45, 2.75) is 31.1 Å². The number of H-pyrrole nitrogens is 1. The molecule has 0 radical (unpaired) electrons. The Hall–Kier alpha value is -3.61. The Morgan fingerprint density at radius 1 is 1.07 bits per heavy atom. The summed E-state index contributed by atoms with van der Waals surface area (Å²) in [7, 11) is 0. The number of pyridine rings is 1. The van der Waals surface area contributed by atoms with E-state index in [-0.39, 0.29) is 5.91 Å². The minimum Gasteiger partial charge on any atom is -0.309 e. The molecule has 2 N–H and O–H groups in total. The number of amides is 1. The Morgan fingerprint density at radius 3 is 2.86 bits per heavy atom. The van der Waals surface area contributed by atoms with E-state index in [1.54, 1.807) is 18.7 Å². The molecule has 1 fully saturated rings. The number of benzene rings is 1. The first-order chi connectivity index (χ1) is 14.2. The maximum Gasteiger partial charge on any atom is 0.229 e. The van der Waals surface area contributed by atoms with E-state index in [4.69, 9.17) is 0 Å². The molecule has 1 aromatic carbocycles. The van der Waals surface area contributed by atoms with Gasteiger partial charge in [-0.3, -0.25) is 14.9 Å². The van der Waals surface area contributed by atoms with Gasteiger partial charge in [-0.15, -0.1) is 0 Å². The number of aromatic amines is 1. The lowest BCUT2D eigenvalue weighted by atomic mass is 9.71. The van der Waals surface area contributed by atoms with E-state index < -0.39 is 0 Å². The first-order valence-electron chi connectivity index (χ1n) is 9.69. The SMILES string of the molecule is O=C(Cc1ccc2ncccc2c1)Nc1cc([C@H]2C[C@@H](c3ccncn3)C2)[nH]n1. The summed E-state index contributed by atoms with van der Waals surface area (Å²) in [6.45, 7) is 0. The first-order valence-corrected chi connectivity index (χ1v) is 9.69. The largest absolute Gasteiger partial charge is 0.309 e. The van der Waals surface area contributed by atoms with Gasteiger partial charge >= 0.3 is 0 Å². The van der Waals surface area contributed by atoms with Crippen LogP contribution >= 0.6 is 0 Å². The van der Waals surface area contributed by atoms with Gasteiger partial charge in [-0.25, -0.2) is 9.97 Å². The van der Waals surface area contributed by atoms with Crippen LogP contribution in [0.2, 0.25) is 0 Å². The highest BCUT2D eigenvalue weighted by Crippen LogP contribution is 2.46. The standard InChI is InChI=1S/C22H20N6O/c29-22(9-14-3-4-18-15(8-14)2-1-6-24-18)26-21-12-20(27-28-21)17-10-16(11-17)19-5-7-23-13-25-19/h1-8,12-13,16-17H,9-11H2,(H2,26,27,28,29)/t16-,17+. The summed E-state index contributed by atoms with van der Waals surface area (Å²) in [5.74, 6) is 1.37. The monoisotopic (exact) mass is 384 g/mol. The molecule has 0 atom stereocenters. The fraction of sp³-hybridized carbons (Fsp3) is 0.227. The van der Waals surface area contributed by atoms with Crippen LogP contribution in [0.25, 0.3) is 10.9 Å². The molecule has 3 aromatic heterocycles. The number of carbonyl (C=O) groups is 1. The fourth-order valence-electron chi connectivity index (χ4n) is 3.87. The highest BCUT2D eigenvalue weighted by atomic mass is 16.1. The molecule has 0 bridgehead atoms. The van der Waals surface area contributed by atoms with Gasteiger partial charge < -0.3 is 5.32 Å². The number of fused-ring (bicyclic) bond motifs is 1. The van der Waals surface area contributed by atoms with Crippen LogP contribution in [-0.4, -0.2) is 31.1 Å². The molecule has 0 aliphatic heterocycles. The lowest BCUT2D eigenvalue weighted by Crippen LogP contribution is -2.21. The molecule has 7 nitrogen and oxygen atoms in total. The molecular weight excluding hydrogens is 364 g/mol. The van der Waals surface area contributed by atoms with Gasteiger partial charge in [0.2, 0.25) is 5.91 Å². The summed E-state index contributed by atoms with van der Waals surface area (Å²) in [6, 6.07) is 13.7. The van der Waals surface area contributed by atoms with Crippen LogP contribution < -0.4 is 5.32 Å². The third-order valence-electron chi connectivity index (χ3n) is 5.50. The normalized spacial score (nSPS) is 18.3. The van der Waals surface area contributed by atoms with Crippen molar-refractivity contribution >= 4 is 22.6 Å². The molecular formula is C22H20N6O. The summed E-state index contributed by atoms with van der Waals surface area (Å²) in [4.78, 5) is 25.0. The van der Waals surface area contributed by atoms with Gasteiger partial charge in [-0.1, -0.05) is 12.1 Å². The maximum absolute atomic E-state index is 12.4. The van der Waals surface area contributed by atoms with Crippen molar-refractivity contribution in [3.05, 3.63) is 78.1 Å². The summed E-state index contributed by atoms with van der Waals surface area (Å²) >= 11 is 0. The molecule has 29 heavy (non-hydrogen) atoms. The molecule has 7 heteroatoms. The van der Waals surface area contributed by atoms with Crippen molar-refractivity contribution in [2.75, 3.05) is 5.32 Å². The summed E-state index contributed by atoms with van der Waals surface area (Å²) in [5, 5.41) is 11.2. The van der Waals surface area contributed by atoms with Gasteiger partial charge in [-0.2, -0.15) is 5.10 Å². The molecule has 1 aliphatic carbocycles. The topological polar surface area (TPSA) is 96.5 Å². The van der Waals surface area contributed by atoms with Crippen molar-refractivity contribution in [1.82, 2.24) is 25.1 Å². The Morgan fingerprint density at radius 2 is 2.00 bits per heavy atom. The van der Waals surface area contributed by atoms with Crippen LogP contribution in [0, 0.1) is 0 Å². The zero-order valence-electron chi connectivity index (χ0n) is 15.7. The van der Waals surface area contributed by atoms with Crippen molar-refractivity contribution in [3.8, 4) is 0 Å². The molecule has 144 valence electrons. The number of hydrogen-bond donors (Lipinski definition) is 2. The zero-order valence-corrected chi connectivity index (χ0v) is 15.7. The third-order valence-corrected chi connectivity index (χ3v) is 5.50. The van der Waals surface area contributed by atoms with Gasteiger partial charge in [0.1, 0.15) is 6.33 Å². The Balaban J connectivity index is 1.18. The Labute approximate surface area is 167 Å². The molecule has 0 unspecified atom stereocenters. The van der Waals surface area contributed by atoms with Gasteiger partial charge in [-0.05, 0) is 42.7 Å². The van der Waals surface area contributed by atoms with E-state index >= 15 is 0 Å². The number of hydrogen-bond acceptors (Lipinski definition) is 5. The lowest BCUT2D eigenvalue weighted by Gasteiger charge is -2.33. The van der Waals surface area contributed by atoms with Crippen molar-refractivity contribution in [2.24, 2.45) is 0 Å². The second kappa shape index (κ2) is 7.43. The Kier molecular flexibility index (Phi) is 4.48. The van der Waals surface area contributed by atoms with E-state index in [1.165, 1.54) is 0 Å². The number of nitrogens with zero attached hydrogens (tertiary/aromatic N) is 4. The zero-order chi connectivity index (χ0) is 19.6. The van der Waals surface area contributed by atoms with Crippen molar-refractivity contribution in [1.29, 1.82) is 0 Å². The quantitative estimate of drug-likeness (QED) is 0.548. The van der Waals surface area contributed by atoms with Crippen LogP contribution in [0.3, 0.4) is 0 Å². The summed E-state index contributed by atoms with van der Waals surface area (Å²) in [6.07, 6.45) is 7.49. The molecule has 1 amide bonds. The molecule has 1 saturated carbocycles. The average Bonchev–Trinajstić information content (AvgIpc) is 3.15. The Bertz CT molecular complexity index is 1150. The van der Waals surface area contributed by atoms with Gasteiger partial charge in [0.25, 0.3) is 0 Å². The number of rotatable bonds is 5. The lowest BCUT2D eigenvalue weighted by molar-refractivity contribution is -0.115. The maximum atomic E-state index is 12.4. The average molecular weight is 384 g/mol. The second-order valence-electron chi connectivity index (χ2n) is 7.46. The number of nitrogens with one attached hydrogen (secondary N) is 2. The number of aromatic nitrogens is 5. The van der Waals surface area contributed by atoms with E-state index in [1.807, 2.05) is 42.5 Å². The smallest absolute Gasteiger partial charge is 0.229 e. The second-order valence-corrected chi connectivity index (χ2v) is 7.46. The van der Waals surface area contributed by atoms with Crippen LogP contribution in [0.4, 0.5) is 5.82 Å². The molecule has 0 saturated heterocycles. The van der Waals surface area contributed by atoms with Crippen molar-refractivity contribution < 1.29 is 4.79 Å². The molecule has 1 aliphatic rings. The number of anilines is 1. The van der Waals surface area contributed by atoms with E-state index in [0.717, 1.165) is 40.7 Å². The number of carbonyl (C=O) groups excluding carboxylic acids is 1. The highest BCUT2D eigenvalue weighted by molar-refractivity contribution is 5.92. The van der Waals surface area contributed by atoms with E-state index in [9.17, 15) is 4.79 Å².